The third-order valence-electron chi connectivity index (χ3n) is 1.86. The van der Waals surface area contributed by atoms with Crippen LogP contribution in [0, 0.1) is 5.82 Å². The number of ether oxygens (including phenoxy) is 1. The molecule has 1 unspecified atom stereocenters. The maximum Gasteiger partial charge on any atom is 0.320 e. The molecule has 1 heterocycles. The summed E-state index contributed by atoms with van der Waals surface area (Å²) in [6.45, 7) is 0.130. The molecular weight excluding hydrogens is 342 g/mol. The standard InChI is InChI=1S/C10H10FIN2O3/c1-17-10(16)7(12)5-14-9(15)8-3-2-6(11)4-13-8/h2-4,7H,5H2,1H3,(H,14,15). The van der Waals surface area contributed by atoms with E-state index in [1.54, 1.807) is 0 Å². The fourth-order valence-corrected chi connectivity index (χ4v) is 1.47. The van der Waals surface area contributed by atoms with Crippen molar-refractivity contribution in [3.8, 4) is 0 Å². The minimum atomic E-state index is -0.511. The number of amides is 1. The Morgan fingerprint density at radius 3 is 2.82 bits per heavy atom. The summed E-state index contributed by atoms with van der Waals surface area (Å²) in [5.41, 5.74) is 0.0971. The van der Waals surface area contributed by atoms with Crippen molar-refractivity contribution in [3.63, 3.8) is 0 Å². The van der Waals surface area contributed by atoms with Crippen molar-refractivity contribution >= 4 is 34.5 Å². The van der Waals surface area contributed by atoms with E-state index < -0.39 is 21.6 Å². The first-order valence-corrected chi connectivity index (χ1v) is 5.91. The molecular formula is C10H10FIN2O3. The van der Waals surface area contributed by atoms with Gasteiger partial charge in [0.15, 0.2) is 0 Å². The number of nitrogens with zero attached hydrogens (tertiary/aromatic N) is 1. The lowest BCUT2D eigenvalue weighted by Gasteiger charge is -2.08. The molecule has 0 aromatic carbocycles. The molecule has 1 atom stereocenters. The number of esters is 1. The first-order valence-electron chi connectivity index (χ1n) is 4.66. The first-order chi connectivity index (χ1) is 8.04. The Labute approximate surface area is 111 Å². The van der Waals surface area contributed by atoms with Crippen LogP contribution in [0.3, 0.4) is 0 Å². The second kappa shape index (κ2) is 6.48. The maximum absolute atomic E-state index is 12.6. The summed E-state index contributed by atoms with van der Waals surface area (Å²) in [6.07, 6.45) is 0.955. The Bertz CT molecular complexity index is 411. The van der Waals surface area contributed by atoms with Crippen molar-refractivity contribution in [1.29, 1.82) is 0 Å². The predicted octanol–water partition coefficient (Wildman–Crippen LogP) is 0.927. The van der Waals surface area contributed by atoms with E-state index >= 15 is 0 Å². The van der Waals surface area contributed by atoms with Crippen LogP contribution in [0.5, 0.6) is 0 Å². The van der Waals surface area contributed by atoms with Crippen molar-refractivity contribution in [2.75, 3.05) is 13.7 Å². The molecule has 1 aromatic heterocycles. The zero-order valence-corrected chi connectivity index (χ0v) is 11.1. The van der Waals surface area contributed by atoms with Crippen molar-refractivity contribution < 1.29 is 18.7 Å². The quantitative estimate of drug-likeness (QED) is 0.497. The van der Waals surface area contributed by atoms with E-state index in [1.165, 1.54) is 13.2 Å². The summed E-state index contributed by atoms with van der Waals surface area (Å²) < 4.78 is 16.6. The van der Waals surface area contributed by atoms with Crippen LogP contribution in [0.25, 0.3) is 0 Å². The Morgan fingerprint density at radius 2 is 2.29 bits per heavy atom. The molecule has 0 aliphatic carbocycles. The average Bonchev–Trinajstić information content (AvgIpc) is 2.35. The van der Waals surface area contributed by atoms with Crippen molar-refractivity contribution in [2.45, 2.75) is 3.92 Å². The highest BCUT2D eigenvalue weighted by Crippen LogP contribution is 2.02. The number of pyridine rings is 1. The lowest BCUT2D eigenvalue weighted by molar-refractivity contribution is -0.139. The zero-order valence-electron chi connectivity index (χ0n) is 8.94. The number of rotatable bonds is 4. The molecule has 1 rings (SSSR count). The molecule has 17 heavy (non-hydrogen) atoms. The van der Waals surface area contributed by atoms with Crippen molar-refractivity contribution in [3.05, 3.63) is 29.8 Å². The second-order valence-corrected chi connectivity index (χ2v) is 4.57. The van der Waals surface area contributed by atoms with Crippen LogP contribution in [0.2, 0.25) is 0 Å². The van der Waals surface area contributed by atoms with Gasteiger partial charge in [0.2, 0.25) is 0 Å². The van der Waals surface area contributed by atoms with Gasteiger partial charge in [0, 0.05) is 6.54 Å². The molecule has 0 aliphatic rings. The lowest BCUT2D eigenvalue weighted by atomic mass is 10.3. The second-order valence-electron chi connectivity index (χ2n) is 3.06. The molecule has 0 bridgehead atoms. The summed E-state index contributed by atoms with van der Waals surface area (Å²) >= 11 is 1.86. The SMILES string of the molecule is COC(=O)C(I)CNC(=O)c1ccc(F)cn1. The van der Waals surface area contributed by atoms with Crippen LogP contribution in [-0.2, 0) is 9.53 Å². The van der Waals surface area contributed by atoms with Crippen molar-refractivity contribution in [2.24, 2.45) is 0 Å². The summed E-state index contributed by atoms with van der Waals surface area (Å²) in [5.74, 6) is -1.39. The molecule has 1 aromatic rings. The predicted molar refractivity (Wildman–Crippen MR) is 66.4 cm³/mol. The van der Waals surface area contributed by atoms with Gasteiger partial charge in [-0.15, -0.1) is 0 Å². The normalized spacial score (nSPS) is 11.7. The summed E-state index contributed by atoms with van der Waals surface area (Å²) in [7, 11) is 1.28. The van der Waals surface area contributed by atoms with Crippen LogP contribution in [-0.4, -0.2) is 34.4 Å². The van der Waals surface area contributed by atoms with E-state index in [1.807, 2.05) is 22.6 Å². The molecule has 92 valence electrons. The number of alkyl halides is 1. The first kappa shape index (κ1) is 13.8. The van der Waals surface area contributed by atoms with Gasteiger partial charge in [0.05, 0.1) is 13.3 Å². The molecule has 0 aliphatic heterocycles. The van der Waals surface area contributed by atoms with Gasteiger partial charge in [0.25, 0.3) is 5.91 Å². The number of halogens is 2. The lowest BCUT2D eigenvalue weighted by Crippen LogP contribution is -2.34. The molecule has 1 amide bonds. The third kappa shape index (κ3) is 4.25. The van der Waals surface area contributed by atoms with Gasteiger partial charge in [0.1, 0.15) is 15.4 Å². The van der Waals surface area contributed by atoms with Crippen LogP contribution in [0.4, 0.5) is 4.39 Å². The Hall–Kier alpha value is -1.25. The third-order valence-corrected chi connectivity index (χ3v) is 2.81. The maximum atomic E-state index is 12.6. The van der Waals surface area contributed by atoms with Gasteiger partial charge < -0.3 is 10.1 Å². The molecule has 0 fully saturated rings. The van der Waals surface area contributed by atoms with E-state index in [0.29, 0.717) is 0 Å². The average molecular weight is 352 g/mol. The smallest absolute Gasteiger partial charge is 0.320 e. The number of hydrogen-bond donors (Lipinski definition) is 1. The number of carbonyl (C=O) groups is 2. The van der Waals surface area contributed by atoms with Gasteiger partial charge in [-0.1, -0.05) is 22.6 Å². The molecule has 7 heteroatoms. The number of methoxy groups -OCH3 is 1. The van der Waals surface area contributed by atoms with E-state index in [-0.39, 0.29) is 12.2 Å². The molecule has 0 spiro atoms. The summed E-state index contributed by atoms with van der Waals surface area (Å²) in [6, 6.07) is 2.41. The van der Waals surface area contributed by atoms with Crippen LogP contribution in [0.1, 0.15) is 10.5 Å². The molecule has 0 radical (unpaired) electrons. The largest absolute Gasteiger partial charge is 0.468 e. The number of nitrogens with one attached hydrogen (secondary N) is 1. The van der Waals surface area contributed by atoms with Crippen LogP contribution < -0.4 is 5.32 Å². The number of hydrogen-bond acceptors (Lipinski definition) is 4. The van der Waals surface area contributed by atoms with Crippen LogP contribution in [0.15, 0.2) is 18.3 Å². The Morgan fingerprint density at radius 1 is 1.59 bits per heavy atom. The number of aromatic nitrogens is 1. The van der Waals surface area contributed by atoms with Gasteiger partial charge >= 0.3 is 5.97 Å². The number of carbonyl (C=O) groups excluding carboxylic acids is 2. The van der Waals surface area contributed by atoms with Crippen molar-refractivity contribution in [1.82, 2.24) is 10.3 Å². The van der Waals surface area contributed by atoms with E-state index in [0.717, 1.165) is 12.3 Å². The van der Waals surface area contributed by atoms with Gasteiger partial charge in [-0.3, -0.25) is 9.59 Å². The summed E-state index contributed by atoms with van der Waals surface area (Å²) in [5, 5.41) is 2.50. The van der Waals surface area contributed by atoms with E-state index in [2.05, 4.69) is 15.0 Å². The highest BCUT2D eigenvalue weighted by Gasteiger charge is 2.16. The highest BCUT2D eigenvalue weighted by atomic mass is 127. The molecule has 0 saturated heterocycles. The highest BCUT2D eigenvalue weighted by molar-refractivity contribution is 14.1. The Kier molecular flexibility index (Phi) is 5.26. The van der Waals surface area contributed by atoms with Gasteiger partial charge in [-0.05, 0) is 12.1 Å². The van der Waals surface area contributed by atoms with Gasteiger partial charge in [-0.2, -0.15) is 0 Å². The fraction of sp³-hybridized carbons (Fsp3) is 0.300. The van der Waals surface area contributed by atoms with Crippen LogP contribution >= 0.6 is 22.6 Å². The summed E-state index contributed by atoms with van der Waals surface area (Å²) in [4.78, 5) is 26.2. The van der Waals surface area contributed by atoms with E-state index in [4.69, 9.17) is 0 Å². The topological polar surface area (TPSA) is 68.3 Å². The van der Waals surface area contributed by atoms with Gasteiger partial charge in [-0.25, -0.2) is 9.37 Å². The minimum Gasteiger partial charge on any atom is -0.468 e. The minimum absolute atomic E-state index is 0.0971. The molecule has 5 nitrogen and oxygen atoms in total. The Balaban J connectivity index is 2.50. The monoisotopic (exact) mass is 352 g/mol. The molecule has 0 saturated carbocycles. The zero-order chi connectivity index (χ0) is 12.8. The molecule has 1 N–H and O–H groups in total. The van der Waals surface area contributed by atoms with E-state index in [9.17, 15) is 14.0 Å². The fourth-order valence-electron chi connectivity index (χ4n) is 0.994.